The number of primary amides is 1. The van der Waals surface area contributed by atoms with Gasteiger partial charge in [0.2, 0.25) is 5.91 Å². The molecular weight excluding hydrogens is 277 g/mol. The molecule has 1 aromatic carbocycles. The Labute approximate surface area is 114 Å². The zero-order valence-electron chi connectivity index (χ0n) is 9.67. The first-order valence-corrected chi connectivity index (χ1v) is 5.90. The fourth-order valence-corrected chi connectivity index (χ4v) is 1.74. The molecule has 1 atom stereocenters. The lowest BCUT2D eigenvalue weighted by Crippen LogP contribution is -2.35. The second-order valence-corrected chi connectivity index (χ2v) is 4.69. The van der Waals surface area contributed by atoms with E-state index in [0.717, 1.165) is 0 Å². The molecule has 98 valence electrons. The molecule has 0 heterocycles. The molecule has 0 fully saturated rings. The van der Waals surface area contributed by atoms with Crippen molar-refractivity contribution >= 4 is 40.7 Å². The number of carbonyl (C=O) groups excluding carboxylic acids is 2. The van der Waals surface area contributed by atoms with E-state index in [2.05, 4.69) is 5.32 Å². The van der Waals surface area contributed by atoms with E-state index in [1.54, 1.807) is 6.92 Å². The number of nitrogens with two attached hydrogens (primary N) is 2. The molecule has 0 saturated heterocycles. The second kappa shape index (κ2) is 5.93. The van der Waals surface area contributed by atoms with Crippen LogP contribution in [0.1, 0.15) is 23.7 Å². The molecule has 0 radical (unpaired) electrons. The fourth-order valence-electron chi connectivity index (χ4n) is 1.40. The molecule has 7 heteroatoms. The van der Waals surface area contributed by atoms with Crippen molar-refractivity contribution in [2.45, 2.75) is 19.4 Å². The number of benzene rings is 1. The summed E-state index contributed by atoms with van der Waals surface area (Å²) in [5, 5.41) is 3.01. The van der Waals surface area contributed by atoms with Gasteiger partial charge in [-0.05, 0) is 19.1 Å². The Kier molecular flexibility index (Phi) is 4.81. The van der Waals surface area contributed by atoms with Crippen LogP contribution in [0.3, 0.4) is 0 Å². The molecule has 0 aliphatic heterocycles. The SMILES string of the molecule is CC(CC(N)=O)NC(=O)c1cc(N)c(Cl)c(Cl)c1. The molecule has 5 N–H and O–H groups in total. The zero-order valence-corrected chi connectivity index (χ0v) is 11.2. The molecule has 1 aromatic rings. The summed E-state index contributed by atoms with van der Waals surface area (Å²) in [7, 11) is 0. The van der Waals surface area contributed by atoms with Crippen molar-refractivity contribution < 1.29 is 9.59 Å². The summed E-state index contributed by atoms with van der Waals surface area (Å²) >= 11 is 11.6. The monoisotopic (exact) mass is 289 g/mol. The minimum Gasteiger partial charge on any atom is -0.397 e. The Hall–Kier alpha value is -1.46. The van der Waals surface area contributed by atoms with Gasteiger partial charge in [-0.15, -0.1) is 0 Å². The van der Waals surface area contributed by atoms with E-state index >= 15 is 0 Å². The van der Waals surface area contributed by atoms with Gasteiger partial charge in [0.15, 0.2) is 0 Å². The third-order valence-electron chi connectivity index (χ3n) is 2.20. The van der Waals surface area contributed by atoms with Crippen LogP contribution in [0.2, 0.25) is 10.0 Å². The van der Waals surface area contributed by atoms with Crippen LogP contribution in [0.25, 0.3) is 0 Å². The highest BCUT2D eigenvalue weighted by Crippen LogP contribution is 2.29. The van der Waals surface area contributed by atoms with E-state index < -0.39 is 11.8 Å². The number of nitrogen functional groups attached to an aromatic ring is 1. The van der Waals surface area contributed by atoms with Gasteiger partial charge in [-0.1, -0.05) is 23.2 Å². The zero-order chi connectivity index (χ0) is 13.9. The van der Waals surface area contributed by atoms with Gasteiger partial charge in [0, 0.05) is 18.0 Å². The number of anilines is 1. The molecular formula is C11H13Cl2N3O2. The molecule has 18 heavy (non-hydrogen) atoms. The number of nitrogens with one attached hydrogen (secondary N) is 1. The van der Waals surface area contributed by atoms with E-state index in [0.29, 0.717) is 0 Å². The molecule has 0 bridgehead atoms. The number of hydrogen-bond acceptors (Lipinski definition) is 3. The van der Waals surface area contributed by atoms with Crippen LogP contribution in [-0.4, -0.2) is 17.9 Å². The first-order chi connectivity index (χ1) is 8.31. The van der Waals surface area contributed by atoms with Crippen LogP contribution >= 0.6 is 23.2 Å². The second-order valence-electron chi connectivity index (χ2n) is 3.91. The highest BCUT2D eigenvalue weighted by Gasteiger charge is 2.14. The Morgan fingerprint density at radius 2 is 2.00 bits per heavy atom. The summed E-state index contributed by atoms with van der Waals surface area (Å²) in [5.41, 5.74) is 11.1. The molecule has 1 unspecified atom stereocenters. The van der Waals surface area contributed by atoms with E-state index in [9.17, 15) is 9.59 Å². The van der Waals surface area contributed by atoms with E-state index in [1.165, 1.54) is 12.1 Å². The summed E-state index contributed by atoms with van der Waals surface area (Å²) in [5.74, 6) is -0.884. The maximum Gasteiger partial charge on any atom is 0.251 e. The van der Waals surface area contributed by atoms with Gasteiger partial charge in [-0.25, -0.2) is 0 Å². The lowest BCUT2D eigenvalue weighted by Gasteiger charge is -2.13. The van der Waals surface area contributed by atoms with Crippen LogP contribution in [0.15, 0.2) is 12.1 Å². The molecule has 5 nitrogen and oxygen atoms in total. The van der Waals surface area contributed by atoms with E-state index in [4.69, 9.17) is 34.7 Å². The van der Waals surface area contributed by atoms with Crippen molar-refractivity contribution in [2.75, 3.05) is 5.73 Å². The quantitative estimate of drug-likeness (QED) is 0.734. The van der Waals surface area contributed by atoms with Gasteiger partial charge in [-0.3, -0.25) is 9.59 Å². The lowest BCUT2D eigenvalue weighted by atomic mass is 10.1. The topological polar surface area (TPSA) is 98.2 Å². The van der Waals surface area contributed by atoms with Gasteiger partial charge >= 0.3 is 0 Å². The highest BCUT2D eigenvalue weighted by molar-refractivity contribution is 6.43. The number of halogens is 2. The molecule has 0 saturated carbocycles. The summed E-state index contributed by atoms with van der Waals surface area (Å²) < 4.78 is 0. The standard InChI is InChI=1S/C11H13Cl2N3O2/c1-5(2-9(15)17)16-11(18)6-3-7(12)10(13)8(14)4-6/h3-5H,2,14H2,1H3,(H2,15,17)(H,16,18). The van der Waals surface area contributed by atoms with Crippen molar-refractivity contribution in [3.05, 3.63) is 27.7 Å². The molecule has 0 spiro atoms. The highest BCUT2D eigenvalue weighted by atomic mass is 35.5. The lowest BCUT2D eigenvalue weighted by molar-refractivity contribution is -0.118. The van der Waals surface area contributed by atoms with E-state index in [1.807, 2.05) is 0 Å². The van der Waals surface area contributed by atoms with Crippen LogP contribution in [-0.2, 0) is 4.79 Å². The first-order valence-electron chi connectivity index (χ1n) is 5.15. The van der Waals surface area contributed by atoms with Crippen molar-refractivity contribution in [1.29, 1.82) is 0 Å². The first kappa shape index (κ1) is 14.6. The molecule has 1 rings (SSSR count). The van der Waals surface area contributed by atoms with Crippen LogP contribution in [0.4, 0.5) is 5.69 Å². The smallest absolute Gasteiger partial charge is 0.251 e. The number of hydrogen-bond donors (Lipinski definition) is 3. The molecule has 0 aromatic heterocycles. The van der Waals surface area contributed by atoms with Gasteiger partial charge in [0.05, 0.1) is 15.7 Å². The van der Waals surface area contributed by atoms with Gasteiger partial charge in [0.1, 0.15) is 0 Å². The van der Waals surface area contributed by atoms with Crippen molar-refractivity contribution in [1.82, 2.24) is 5.32 Å². The Balaban J connectivity index is 2.82. The summed E-state index contributed by atoms with van der Waals surface area (Å²) in [6, 6.07) is 2.46. The number of amides is 2. The average molecular weight is 290 g/mol. The van der Waals surface area contributed by atoms with Crippen LogP contribution in [0.5, 0.6) is 0 Å². The largest absolute Gasteiger partial charge is 0.397 e. The van der Waals surface area contributed by atoms with Crippen molar-refractivity contribution in [3.63, 3.8) is 0 Å². The average Bonchev–Trinajstić information content (AvgIpc) is 2.23. The fraction of sp³-hybridized carbons (Fsp3) is 0.273. The molecule has 0 aliphatic rings. The van der Waals surface area contributed by atoms with Gasteiger partial charge < -0.3 is 16.8 Å². The maximum atomic E-state index is 11.8. The third-order valence-corrected chi connectivity index (χ3v) is 3.02. The summed E-state index contributed by atoms with van der Waals surface area (Å²) in [4.78, 5) is 22.5. The minimum absolute atomic E-state index is 0.0581. The van der Waals surface area contributed by atoms with Crippen LogP contribution < -0.4 is 16.8 Å². The van der Waals surface area contributed by atoms with Crippen LogP contribution in [0, 0.1) is 0 Å². The summed E-state index contributed by atoms with van der Waals surface area (Å²) in [6.45, 7) is 1.67. The predicted octanol–water partition coefficient (Wildman–Crippen LogP) is 1.57. The van der Waals surface area contributed by atoms with E-state index in [-0.39, 0.29) is 33.8 Å². The predicted molar refractivity (Wildman–Crippen MR) is 71.6 cm³/mol. The Bertz CT molecular complexity index is 468. The van der Waals surface area contributed by atoms with Gasteiger partial charge in [0.25, 0.3) is 5.91 Å². The molecule has 2 amide bonds. The van der Waals surface area contributed by atoms with Crippen molar-refractivity contribution in [2.24, 2.45) is 5.73 Å². The number of rotatable bonds is 4. The Morgan fingerprint density at radius 3 is 2.50 bits per heavy atom. The minimum atomic E-state index is -0.489. The normalized spacial score (nSPS) is 11.9. The van der Waals surface area contributed by atoms with Gasteiger partial charge in [-0.2, -0.15) is 0 Å². The van der Waals surface area contributed by atoms with Crippen molar-refractivity contribution in [3.8, 4) is 0 Å². The number of carbonyl (C=O) groups is 2. The molecule has 0 aliphatic carbocycles. The Morgan fingerprint density at radius 1 is 1.39 bits per heavy atom. The summed E-state index contributed by atoms with van der Waals surface area (Å²) in [6.07, 6.45) is 0.0581. The maximum absolute atomic E-state index is 11.8. The third kappa shape index (κ3) is 3.78.